The molecule has 3 heteroatoms. The normalized spacial score (nSPS) is 25.6. The fourth-order valence-corrected chi connectivity index (χ4v) is 1.94. The molecule has 3 nitrogen and oxygen atoms in total. The van der Waals surface area contributed by atoms with Crippen LogP contribution in [0.1, 0.15) is 46.5 Å². The molecule has 1 atom stereocenters. The lowest BCUT2D eigenvalue weighted by atomic mass is 9.89. The van der Waals surface area contributed by atoms with Crippen LogP contribution in [0.25, 0.3) is 0 Å². The van der Waals surface area contributed by atoms with E-state index in [0.717, 1.165) is 45.4 Å². The second-order valence-corrected chi connectivity index (χ2v) is 5.74. The number of ether oxygens (including phenoxy) is 1. The average Bonchev–Trinajstić information content (AvgIpc) is 2.65. The first-order chi connectivity index (χ1) is 7.47. The zero-order chi connectivity index (χ0) is 12.1. The Kier molecular flexibility index (Phi) is 4.76. The summed E-state index contributed by atoms with van der Waals surface area (Å²) < 4.78 is 5.38. The number of nitrogens with one attached hydrogen (secondary N) is 1. The Labute approximate surface area is 99.2 Å². The second kappa shape index (κ2) is 5.65. The van der Waals surface area contributed by atoms with Crippen LogP contribution in [0.3, 0.4) is 0 Å². The number of hydrogen-bond donors (Lipinski definition) is 1. The highest BCUT2D eigenvalue weighted by Crippen LogP contribution is 2.22. The van der Waals surface area contributed by atoms with Gasteiger partial charge in [-0.25, -0.2) is 0 Å². The second-order valence-electron chi connectivity index (χ2n) is 5.74. The molecule has 0 bridgehead atoms. The number of rotatable bonds is 6. The molecule has 1 aliphatic rings. The Bertz CT molecular complexity index is 249. The average molecular weight is 224 g/mol. The molecule has 16 heavy (non-hydrogen) atoms. The van der Waals surface area contributed by atoms with Gasteiger partial charge in [0.25, 0.3) is 0 Å². The molecule has 0 spiro atoms. The Morgan fingerprint density at radius 3 is 2.75 bits per heavy atom. The molecule has 0 aromatic rings. The third-order valence-electron chi connectivity index (χ3n) is 3.30. The first kappa shape index (κ1) is 13.5. The highest BCUT2D eigenvalue weighted by atomic mass is 16.5. The summed E-state index contributed by atoms with van der Waals surface area (Å²) in [7, 11) is 0. The molecule has 0 amide bonds. The van der Waals surface area contributed by atoms with Gasteiger partial charge in [-0.3, -0.25) is 0 Å². The molecule has 1 heterocycles. The van der Waals surface area contributed by atoms with E-state index in [9.17, 15) is 0 Å². The van der Waals surface area contributed by atoms with Gasteiger partial charge < -0.3 is 10.1 Å². The molecule has 0 saturated carbocycles. The molecular formula is C13H24N2O. The van der Waals surface area contributed by atoms with Gasteiger partial charge in [-0.1, -0.05) is 6.42 Å². The van der Waals surface area contributed by atoms with Crippen molar-refractivity contribution < 1.29 is 4.74 Å². The van der Waals surface area contributed by atoms with Crippen molar-refractivity contribution in [3.05, 3.63) is 0 Å². The highest BCUT2D eigenvalue weighted by molar-refractivity contribution is 4.91. The lowest BCUT2D eigenvalue weighted by molar-refractivity contribution is 0.171. The fourth-order valence-electron chi connectivity index (χ4n) is 1.94. The zero-order valence-corrected chi connectivity index (χ0v) is 10.8. The van der Waals surface area contributed by atoms with Gasteiger partial charge in [-0.15, -0.1) is 0 Å². The first-order valence-electron chi connectivity index (χ1n) is 6.22. The van der Waals surface area contributed by atoms with E-state index in [2.05, 4.69) is 18.3 Å². The van der Waals surface area contributed by atoms with Gasteiger partial charge in [0.15, 0.2) is 0 Å². The molecule has 1 unspecified atom stereocenters. The van der Waals surface area contributed by atoms with Crippen molar-refractivity contribution in [1.82, 2.24) is 5.32 Å². The maximum Gasteiger partial charge on any atom is 0.0683 e. The van der Waals surface area contributed by atoms with E-state index in [1.54, 1.807) is 0 Å². The fraction of sp³-hybridized carbons (Fsp3) is 0.923. The maximum atomic E-state index is 8.88. The molecule has 1 fully saturated rings. The monoisotopic (exact) mass is 224 g/mol. The van der Waals surface area contributed by atoms with Crippen LogP contribution in [0.4, 0.5) is 0 Å². The summed E-state index contributed by atoms with van der Waals surface area (Å²) in [5, 5.41) is 12.4. The van der Waals surface area contributed by atoms with E-state index in [0.29, 0.717) is 0 Å². The standard InChI is InChI=1S/C13H24N2O/c1-12(2,10-14)6-4-5-8-15-13(3)7-9-16-11-13/h15H,4-9,11H2,1-3H3. The Morgan fingerprint density at radius 1 is 1.44 bits per heavy atom. The number of nitrogens with zero attached hydrogens (tertiary/aromatic N) is 1. The summed E-state index contributed by atoms with van der Waals surface area (Å²) in [6.07, 6.45) is 4.35. The van der Waals surface area contributed by atoms with Crippen molar-refractivity contribution in [1.29, 1.82) is 5.26 Å². The molecule has 0 aliphatic carbocycles. The molecule has 1 N–H and O–H groups in total. The lowest BCUT2D eigenvalue weighted by Crippen LogP contribution is -2.43. The van der Waals surface area contributed by atoms with Crippen molar-refractivity contribution >= 4 is 0 Å². The molecular weight excluding hydrogens is 200 g/mol. The number of nitriles is 1. The summed E-state index contributed by atoms with van der Waals surface area (Å²) in [4.78, 5) is 0. The minimum Gasteiger partial charge on any atom is -0.379 e. The lowest BCUT2D eigenvalue weighted by Gasteiger charge is -2.24. The predicted molar refractivity (Wildman–Crippen MR) is 65.1 cm³/mol. The quantitative estimate of drug-likeness (QED) is 0.705. The molecule has 0 aromatic carbocycles. The third kappa shape index (κ3) is 4.51. The van der Waals surface area contributed by atoms with Crippen molar-refractivity contribution in [3.63, 3.8) is 0 Å². The predicted octanol–water partition coefficient (Wildman–Crippen LogP) is 2.48. The summed E-state index contributed by atoms with van der Waals surface area (Å²) in [5.74, 6) is 0. The number of unbranched alkanes of at least 4 members (excludes halogenated alkanes) is 1. The van der Waals surface area contributed by atoms with Crippen molar-refractivity contribution in [2.75, 3.05) is 19.8 Å². The summed E-state index contributed by atoms with van der Waals surface area (Å²) in [5.41, 5.74) is 0.0190. The summed E-state index contributed by atoms with van der Waals surface area (Å²) in [6, 6.07) is 2.34. The van der Waals surface area contributed by atoms with E-state index < -0.39 is 0 Å². The van der Waals surface area contributed by atoms with Crippen LogP contribution in [0, 0.1) is 16.7 Å². The van der Waals surface area contributed by atoms with Crippen LogP contribution in [0.5, 0.6) is 0 Å². The van der Waals surface area contributed by atoms with E-state index in [1.807, 2.05) is 13.8 Å². The smallest absolute Gasteiger partial charge is 0.0683 e. The Balaban J connectivity index is 2.06. The largest absolute Gasteiger partial charge is 0.379 e. The Morgan fingerprint density at radius 2 is 2.19 bits per heavy atom. The van der Waals surface area contributed by atoms with Gasteiger partial charge in [0.05, 0.1) is 18.1 Å². The first-order valence-corrected chi connectivity index (χ1v) is 6.22. The van der Waals surface area contributed by atoms with Gasteiger partial charge in [0.1, 0.15) is 0 Å². The van der Waals surface area contributed by atoms with Crippen molar-refractivity contribution in [2.24, 2.45) is 5.41 Å². The van der Waals surface area contributed by atoms with Gasteiger partial charge in [-0.2, -0.15) is 5.26 Å². The molecule has 1 saturated heterocycles. The molecule has 0 radical (unpaired) electrons. The topological polar surface area (TPSA) is 45.0 Å². The van der Waals surface area contributed by atoms with Crippen LogP contribution >= 0.6 is 0 Å². The number of hydrogen-bond acceptors (Lipinski definition) is 3. The highest BCUT2D eigenvalue weighted by Gasteiger charge is 2.28. The molecule has 0 aromatic heterocycles. The van der Waals surface area contributed by atoms with Gasteiger partial charge in [0, 0.05) is 12.1 Å². The third-order valence-corrected chi connectivity index (χ3v) is 3.30. The van der Waals surface area contributed by atoms with Crippen molar-refractivity contribution in [2.45, 2.75) is 52.0 Å². The van der Waals surface area contributed by atoms with Gasteiger partial charge in [-0.05, 0) is 46.6 Å². The Hall–Kier alpha value is -0.590. The molecule has 92 valence electrons. The van der Waals surface area contributed by atoms with Crippen molar-refractivity contribution in [3.8, 4) is 6.07 Å². The van der Waals surface area contributed by atoms with E-state index >= 15 is 0 Å². The van der Waals surface area contributed by atoms with Crippen LogP contribution in [-0.2, 0) is 4.74 Å². The SMILES string of the molecule is CC(C)(C#N)CCCCNC1(C)CCOC1. The van der Waals surface area contributed by atoms with E-state index in [1.165, 1.54) is 0 Å². The van der Waals surface area contributed by atoms with E-state index in [-0.39, 0.29) is 11.0 Å². The van der Waals surface area contributed by atoms with Crippen LogP contribution in [0.2, 0.25) is 0 Å². The van der Waals surface area contributed by atoms with E-state index in [4.69, 9.17) is 10.00 Å². The minimum absolute atomic E-state index is 0.166. The molecule has 1 aliphatic heterocycles. The van der Waals surface area contributed by atoms with Gasteiger partial charge >= 0.3 is 0 Å². The summed E-state index contributed by atoms with van der Waals surface area (Å²) in [6.45, 7) is 8.97. The van der Waals surface area contributed by atoms with Gasteiger partial charge in [0.2, 0.25) is 0 Å². The van der Waals surface area contributed by atoms with Crippen LogP contribution in [0.15, 0.2) is 0 Å². The minimum atomic E-state index is -0.166. The van der Waals surface area contributed by atoms with Crippen LogP contribution < -0.4 is 5.32 Å². The molecule has 1 rings (SSSR count). The zero-order valence-electron chi connectivity index (χ0n) is 10.8. The summed E-state index contributed by atoms with van der Waals surface area (Å²) >= 11 is 0. The van der Waals surface area contributed by atoms with Crippen LogP contribution in [-0.4, -0.2) is 25.3 Å². The maximum absolute atomic E-state index is 8.88.